The summed E-state index contributed by atoms with van der Waals surface area (Å²) in [5.74, 6) is 1.20. The molecule has 104 valence electrons. The van der Waals surface area contributed by atoms with Gasteiger partial charge in [0.05, 0.1) is 6.42 Å². The number of carbonyl (C=O) groups is 1. The van der Waals surface area contributed by atoms with E-state index in [1.54, 1.807) is 0 Å². The summed E-state index contributed by atoms with van der Waals surface area (Å²) < 4.78 is 1.02. The second kappa shape index (κ2) is 6.97. The van der Waals surface area contributed by atoms with Crippen molar-refractivity contribution < 1.29 is 9.90 Å². The Morgan fingerprint density at radius 1 is 1.58 bits per heavy atom. The van der Waals surface area contributed by atoms with Crippen LogP contribution in [0, 0.1) is 0 Å². The van der Waals surface area contributed by atoms with Crippen molar-refractivity contribution >= 4 is 45.3 Å². The van der Waals surface area contributed by atoms with Gasteiger partial charge in [0.25, 0.3) is 0 Å². The Bertz CT molecular complexity index is 472. The lowest BCUT2D eigenvalue weighted by molar-refractivity contribution is -0.138. The summed E-state index contributed by atoms with van der Waals surface area (Å²) in [6.45, 7) is 1.65. The van der Waals surface area contributed by atoms with Gasteiger partial charge < -0.3 is 5.11 Å². The highest BCUT2D eigenvalue weighted by Gasteiger charge is 2.25. The van der Waals surface area contributed by atoms with Crippen molar-refractivity contribution in [2.75, 3.05) is 18.1 Å². The fraction of sp³-hybridized carbons (Fsp3) is 0.462. The molecule has 2 rings (SSSR count). The number of thioether (sulfide) groups is 1. The van der Waals surface area contributed by atoms with Gasteiger partial charge in [-0.1, -0.05) is 27.5 Å². The first-order valence-electron chi connectivity index (χ1n) is 6.04. The standard InChI is InChI=1S/C13H15BrClNO2S/c14-12-2-1-10(15)5-9(12)7-16-3-4-19-8-11(16)6-13(17)18/h1-2,5,11H,3-4,6-8H2,(H,17,18). The van der Waals surface area contributed by atoms with Gasteiger partial charge in [-0.25, -0.2) is 0 Å². The average Bonchev–Trinajstić information content (AvgIpc) is 2.35. The molecule has 1 saturated heterocycles. The van der Waals surface area contributed by atoms with Gasteiger partial charge in [-0.2, -0.15) is 11.8 Å². The van der Waals surface area contributed by atoms with Crippen LogP contribution in [0.15, 0.2) is 22.7 Å². The Labute approximate surface area is 130 Å². The van der Waals surface area contributed by atoms with Crippen LogP contribution in [0.2, 0.25) is 5.02 Å². The van der Waals surface area contributed by atoms with Gasteiger partial charge in [0.1, 0.15) is 0 Å². The monoisotopic (exact) mass is 363 g/mol. The molecule has 0 amide bonds. The Kier molecular flexibility index (Phi) is 5.57. The van der Waals surface area contributed by atoms with Crippen molar-refractivity contribution in [1.29, 1.82) is 0 Å². The molecule has 0 bridgehead atoms. The van der Waals surface area contributed by atoms with E-state index in [0.29, 0.717) is 5.02 Å². The van der Waals surface area contributed by atoms with Crippen LogP contribution in [0.1, 0.15) is 12.0 Å². The fourth-order valence-electron chi connectivity index (χ4n) is 2.17. The minimum absolute atomic E-state index is 0.0992. The van der Waals surface area contributed by atoms with E-state index < -0.39 is 5.97 Å². The van der Waals surface area contributed by atoms with Gasteiger partial charge in [-0.15, -0.1) is 0 Å². The third-order valence-electron chi connectivity index (χ3n) is 3.14. The largest absolute Gasteiger partial charge is 0.481 e. The molecule has 1 heterocycles. The molecule has 1 unspecified atom stereocenters. The lowest BCUT2D eigenvalue weighted by Crippen LogP contribution is -2.43. The minimum Gasteiger partial charge on any atom is -0.481 e. The van der Waals surface area contributed by atoms with Gasteiger partial charge in [0.2, 0.25) is 0 Å². The topological polar surface area (TPSA) is 40.5 Å². The van der Waals surface area contributed by atoms with Crippen molar-refractivity contribution in [3.63, 3.8) is 0 Å². The molecule has 1 aliphatic rings. The summed E-state index contributed by atoms with van der Waals surface area (Å²) in [5.41, 5.74) is 1.11. The number of halogens is 2. The smallest absolute Gasteiger partial charge is 0.304 e. The Morgan fingerprint density at radius 3 is 3.11 bits per heavy atom. The van der Waals surface area contributed by atoms with Crippen molar-refractivity contribution in [3.8, 4) is 0 Å². The zero-order valence-electron chi connectivity index (χ0n) is 10.3. The molecule has 6 heteroatoms. The van der Waals surface area contributed by atoms with E-state index in [1.807, 2.05) is 30.0 Å². The maximum absolute atomic E-state index is 10.9. The molecule has 0 radical (unpaired) electrons. The van der Waals surface area contributed by atoms with E-state index in [1.165, 1.54) is 0 Å². The first kappa shape index (κ1) is 15.2. The van der Waals surface area contributed by atoms with Crippen molar-refractivity contribution in [1.82, 2.24) is 4.90 Å². The van der Waals surface area contributed by atoms with Crippen molar-refractivity contribution in [2.24, 2.45) is 0 Å². The van der Waals surface area contributed by atoms with Crippen LogP contribution in [0.3, 0.4) is 0 Å². The lowest BCUT2D eigenvalue weighted by Gasteiger charge is -2.34. The highest BCUT2D eigenvalue weighted by Crippen LogP contribution is 2.26. The van der Waals surface area contributed by atoms with Crippen molar-refractivity contribution in [3.05, 3.63) is 33.3 Å². The second-order valence-electron chi connectivity index (χ2n) is 4.53. The molecule has 0 aromatic heterocycles. The van der Waals surface area contributed by atoms with E-state index in [4.69, 9.17) is 16.7 Å². The van der Waals surface area contributed by atoms with Gasteiger partial charge in [-0.05, 0) is 23.8 Å². The first-order valence-corrected chi connectivity index (χ1v) is 8.36. The average molecular weight is 365 g/mol. The first-order chi connectivity index (χ1) is 9.06. The van der Waals surface area contributed by atoms with Gasteiger partial charge in [0.15, 0.2) is 0 Å². The van der Waals surface area contributed by atoms with Crippen LogP contribution < -0.4 is 0 Å². The summed E-state index contributed by atoms with van der Waals surface area (Å²) in [4.78, 5) is 13.2. The van der Waals surface area contributed by atoms with E-state index in [9.17, 15) is 4.79 Å². The normalized spacial score (nSPS) is 20.4. The molecule has 1 fully saturated rings. The van der Waals surface area contributed by atoms with Crippen LogP contribution in [0.4, 0.5) is 0 Å². The van der Waals surface area contributed by atoms with E-state index >= 15 is 0 Å². The molecule has 0 spiro atoms. The predicted octanol–water partition coefficient (Wildman–Crippen LogP) is 3.49. The van der Waals surface area contributed by atoms with Crippen LogP contribution in [-0.4, -0.2) is 40.1 Å². The lowest BCUT2D eigenvalue weighted by atomic mass is 10.1. The molecule has 1 aliphatic heterocycles. The molecule has 3 nitrogen and oxygen atoms in total. The third-order valence-corrected chi connectivity index (χ3v) is 5.24. The van der Waals surface area contributed by atoms with Gasteiger partial charge in [-0.3, -0.25) is 9.69 Å². The molecule has 0 aliphatic carbocycles. The van der Waals surface area contributed by atoms with Gasteiger partial charge >= 0.3 is 5.97 Å². The maximum atomic E-state index is 10.9. The SMILES string of the molecule is O=C(O)CC1CSCCN1Cc1cc(Cl)ccc1Br. The molecule has 0 saturated carbocycles. The number of carboxylic acid groups (broad SMARTS) is 1. The van der Waals surface area contributed by atoms with Crippen LogP contribution in [0.5, 0.6) is 0 Å². The van der Waals surface area contributed by atoms with Crippen LogP contribution in [0.25, 0.3) is 0 Å². The molecule has 1 aromatic carbocycles. The second-order valence-corrected chi connectivity index (χ2v) is 6.97. The number of rotatable bonds is 4. The summed E-state index contributed by atoms with van der Waals surface area (Å²) >= 11 is 11.4. The number of hydrogen-bond acceptors (Lipinski definition) is 3. The van der Waals surface area contributed by atoms with Crippen LogP contribution >= 0.6 is 39.3 Å². The van der Waals surface area contributed by atoms with Gasteiger partial charge in [0, 0.05) is 40.1 Å². The summed E-state index contributed by atoms with van der Waals surface area (Å²) in [5, 5.41) is 9.69. The van der Waals surface area contributed by atoms with E-state index in [-0.39, 0.29) is 12.5 Å². The molecule has 1 atom stereocenters. The zero-order valence-corrected chi connectivity index (χ0v) is 13.5. The molecular formula is C13H15BrClNO2S. The zero-order chi connectivity index (χ0) is 13.8. The summed E-state index contributed by atoms with van der Waals surface area (Å²) in [6.07, 6.45) is 0.200. The predicted molar refractivity (Wildman–Crippen MR) is 82.9 cm³/mol. The Balaban J connectivity index is 2.10. The number of aliphatic carboxylic acids is 1. The Morgan fingerprint density at radius 2 is 2.37 bits per heavy atom. The third kappa shape index (κ3) is 4.38. The molecule has 19 heavy (non-hydrogen) atoms. The quantitative estimate of drug-likeness (QED) is 0.888. The highest BCUT2D eigenvalue weighted by atomic mass is 79.9. The molecule has 1 aromatic rings. The van der Waals surface area contributed by atoms with Crippen molar-refractivity contribution in [2.45, 2.75) is 19.0 Å². The highest BCUT2D eigenvalue weighted by molar-refractivity contribution is 9.10. The molecule has 1 N–H and O–H groups in total. The van der Waals surface area contributed by atoms with Crippen LogP contribution in [-0.2, 0) is 11.3 Å². The number of hydrogen-bond donors (Lipinski definition) is 1. The van der Waals surface area contributed by atoms with E-state index in [0.717, 1.165) is 34.6 Å². The minimum atomic E-state index is -0.734. The summed E-state index contributed by atoms with van der Waals surface area (Å²) in [7, 11) is 0. The Hall–Kier alpha value is -0.230. The number of benzene rings is 1. The number of nitrogens with zero attached hydrogens (tertiary/aromatic N) is 1. The van der Waals surface area contributed by atoms with E-state index in [2.05, 4.69) is 20.8 Å². The maximum Gasteiger partial charge on any atom is 0.304 e. The number of carboxylic acids is 1. The summed E-state index contributed by atoms with van der Waals surface area (Å²) in [6, 6.07) is 5.81. The molecular weight excluding hydrogens is 350 g/mol. The fourth-order valence-corrected chi connectivity index (χ4v) is 3.87.